The van der Waals surface area contributed by atoms with E-state index in [0.29, 0.717) is 6.04 Å². The summed E-state index contributed by atoms with van der Waals surface area (Å²) in [6.07, 6.45) is 10.1. The fourth-order valence-corrected chi connectivity index (χ4v) is 2.72. The zero-order valence-corrected chi connectivity index (χ0v) is 11.1. The smallest absolute Gasteiger partial charge is 0.0529 e. The van der Waals surface area contributed by atoms with Crippen LogP contribution in [-0.2, 0) is 0 Å². The minimum Gasteiger partial charge on any atom is -0.381 e. The van der Waals surface area contributed by atoms with Crippen LogP contribution in [0.1, 0.15) is 51.1 Å². The second kappa shape index (κ2) is 6.04. The van der Waals surface area contributed by atoms with Crippen LogP contribution in [0, 0.1) is 12.8 Å². The predicted octanol–water partition coefficient (Wildman–Crippen LogP) is 4.16. The monoisotopic (exact) mass is 232 g/mol. The molecule has 94 valence electrons. The van der Waals surface area contributed by atoms with Gasteiger partial charge in [-0.2, -0.15) is 0 Å². The van der Waals surface area contributed by atoms with Crippen molar-refractivity contribution in [2.45, 2.75) is 58.4 Å². The van der Waals surface area contributed by atoms with Gasteiger partial charge in [-0.3, -0.25) is 4.98 Å². The highest BCUT2D eigenvalue weighted by Gasteiger charge is 2.17. The topological polar surface area (TPSA) is 24.9 Å². The van der Waals surface area contributed by atoms with E-state index < -0.39 is 0 Å². The maximum absolute atomic E-state index is 4.34. The largest absolute Gasteiger partial charge is 0.381 e. The summed E-state index contributed by atoms with van der Waals surface area (Å²) in [5.74, 6) is 0.956. The van der Waals surface area contributed by atoms with Crippen LogP contribution in [0.4, 0.5) is 5.69 Å². The number of nitrogens with zero attached hydrogens (tertiary/aromatic N) is 1. The van der Waals surface area contributed by atoms with E-state index in [1.165, 1.54) is 44.2 Å². The molecule has 1 saturated carbocycles. The van der Waals surface area contributed by atoms with Gasteiger partial charge in [0, 0.05) is 11.7 Å². The third-order valence-electron chi connectivity index (χ3n) is 3.95. The molecule has 1 fully saturated rings. The second-order valence-electron chi connectivity index (χ2n) is 5.31. The molecule has 1 N–H and O–H groups in total. The summed E-state index contributed by atoms with van der Waals surface area (Å²) in [7, 11) is 0. The van der Waals surface area contributed by atoms with E-state index in [4.69, 9.17) is 0 Å². The molecule has 0 spiro atoms. The molecule has 0 aliphatic heterocycles. The first-order valence-corrected chi connectivity index (χ1v) is 6.97. The predicted molar refractivity (Wildman–Crippen MR) is 73.3 cm³/mol. The summed E-state index contributed by atoms with van der Waals surface area (Å²) in [6, 6.07) is 4.87. The summed E-state index contributed by atoms with van der Waals surface area (Å²) < 4.78 is 0. The van der Waals surface area contributed by atoms with Gasteiger partial charge in [0.05, 0.1) is 11.9 Å². The summed E-state index contributed by atoms with van der Waals surface area (Å²) in [5.41, 5.74) is 2.26. The standard InChI is InChI=1S/C15H24N2/c1-3-13-5-4-6-14(10-8-13)17-15-9-7-12(2)16-11-15/h7,9,11,13-14,17H,3-6,8,10H2,1-2H3. The number of rotatable bonds is 3. The van der Waals surface area contributed by atoms with Crippen LogP contribution in [0.3, 0.4) is 0 Å². The lowest BCUT2D eigenvalue weighted by Gasteiger charge is -2.17. The van der Waals surface area contributed by atoms with Crippen molar-refractivity contribution in [2.24, 2.45) is 5.92 Å². The molecule has 2 rings (SSSR count). The molecule has 0 radical (unpaired) electrons. The van der Waals surface area contributed by atoms with E-state index in [1.54, 1.807) is 0 Å². The third-order valence-corrected chi connectivity index (χ3v) is 3.95. The first kappa shape index (κ1) is 12.4. The van der Waals surface area contributed by atoms with Gasteiger partial charge in [-0.1, -0.05) is 26.2 Å². The maximum atomic E-state index is 4.34. The molecule has 2 nitrogen and oxygen atoms in total. The third kappa shape index (κ3) is 3.72. The van der Waals surface area contributed by atoms with E-state index in [2.05, 4.69) is 29.4 Å². The average molecular weight is 232 g/mol. The fraction of sp³-hybridized carbons (Fsp3) is 0.667. The first-order chi connectivity index (χ1) is 8.28. The molecular formula is C15H24N2. The molecule has 2 atom stereocenters. The Balaban J connectivity index is 1.88. The van der Waals surface area contributed by atoms with Gasteiger partial charge in [-0.25, -0.2) is 0 Å². The molecule has 0 bridgehead atoms. The Morgan fingerprint density at radius 3 is 2.82 bits per heavy atom. The Bertz CT molecular complexity index is 331. The van der Waals surface area contributed by atoms with Gasteiger partial charge in [0.15, 0.2) is 0 Å². The van der Waals surface area contributed by atoms with Crippen molar-refractivity contribution in [1.29, 1.82) is 0 Å². The van der Waals surface area contributed by atoms with Gasteiger partial charge in [-0.15, -0.1) is 0 Å². The quantitative estimate of drug-likeness (QED) is 0.791. The number of aromatic nitrogens is 1. The molecule has 1 aliphatic rings. The molecule has 1 aromatic heterocycles. The van der Waals surface area contributed by atoms with Crippen LogP contribution in [0.25, 0.3) is 0 Å². The number of aryl methyl sites for hydroxylation is 1. The van der Waals surface area contributed by atoms with E-state index in [0.717, 1.165) is 11.6 Å². The highest BCUT2D eigenvalue weighted by atomic mass is 14.9. The maximum Gasteiger partial charge on any atom is 0.0529 e. The van der Waals surface area contributed by atoms with Crippen LogP contribution in [-0.4, -0.2) is 11.0 Å². The van der Waals surface area contributed by atoms with Crippen molar-refractivity contribution in [1.82, 2.24) is 4.98 Å². The van der Waals surface area contributed by atoms with Crippen molar-refractivity contribution in [3.8, 4) is 0 Å². The van der Waals surface area contributed by atoms with Gasteiger partial charge in [0.2, 0.25) is 0 Å². The fourth-order valence-electron chi connectivity index (χ4n) is 2.72. The summed E-state index contributed by atoms with van der Waals surface area (Å²) in [6.45, 7) is 4.35. The second-order valence-corrected chi connectivity index (χ2v) is 5.31. The van der Waals surface area contributed by atoms with Crippen LogP contribution >= 0.6 is 0 Å². The summed E-state index contributed by atoms with van der Waals surface area (Å²) >= 11 is 0. The summed E-state index contributed by atoms with van der Waals surface area (Å²) in [4.78, 5) is 4.34. The highest BCUT2D eigenvalue weighted by Crippen LogP contribution is 2.27. The van der Waals surface area contributed by atoms with E-state index >= 15 is 0 Å². The molecule has 2 unspecified atom stereocenters. The zero-order chi connectivity index (χ0) is 12.1. The molecule has 0 aromatic carbocycles. The van der Waals surface area contributed by atoms with E-state index in [9.17, 15) is 0 Å². The van der Waals surface area contributed by atoms with Crippen molar-refractivity contribution in [3.05, 3.63) is 24.0 Å². The van der Waals surface area contributed by atoms with Gasteiger partial charge in [0.1, 0.15) is 0 Å². The van der Waals surface area contributed by atoms with Crippen molar-refractivity contribution in [2.75, 3.05) is 5.32 Å². The molecule has 0 amide bonds. The van der Waals surface area contributed by atoms with Crippen LogP contribution in [0.2, 0.25) is 0 Å². The Labute approximate surface area is 105 Å². The average Bonchev–Trinajstić information content (AvgIpc) is 2.57. The zero-order valence-electron chi connectivity index (χ0n) is 11.1. The van der Waals surface area contributed by atoms with E-state index in [1.807, 2.05) is 13.1 Å². The Morgan fingerprint density at radius 2 is 2.12 bits per heavy atom. The van der Waals surface area contributed by atoms with Crippen molar-refractivity contribution in [3.63, 3.8) is 0 Å². The summed E-state index contributed by atoms with van der Waals surface area (Å²) in [5, 5.41) is 3.63. The molecule has 0 saturated heterocycles. The number of nitrogens with one attached hydrogen (secondary N) is 1. The van der Waals surface area contributed by atoms with Gasteiger partial charge >= 0.3 is 0 Å². The molecule has 17 heavy (non-hydrogen) atoms. The SMILES string of the molecule is CCC1CCCC(Nc2ccc(C)nc2)CC1. The molecule has 1 aromatic rings. The Hall–Kier alpha value is -1.05. The van der Waals surface area contributed by atoms with Crippen LogP contribution < -0.4 is 5.32 Å². The first-order valence-electron chi connectivity index (χ1n) is 6.97. The van der Waals surface area contributed by atoms with Gasteiger partial charge in [-0.05, 0) is 44.2 Å². The Kier molecular flexibility index (Phi) is 4.41. The van der Waals surface area contributed by atoms with Crippen molar-refractivity contribution < 1.29 is 0 Å². The lowest BCUT2D eigenvalue weighted by molar-refractivity contribution is 0.444. The number of pyridine rings is 1. The molecule has 1 heterocycles. The molecule has 1 aliphatic carbocycles. The number of anilines is 1. The van der Waals surface area contributed by atoms with Crippen molar-refractivity contribution >= 4 is 5.69 Å². The normalized spacial score (nSPS) is 25.3. The Morgan fingerprint density at radius 1 is 1.24 bits per heavy atom. The number of hydrogen-bond donors (Lipinski definition) is 1. The van der Waals surface area contributed by atoms with Gasteiger partial charge in [0.25, 0.3) is 0 Å². The minimum atomic E-state index is 0.649. The molecular weight excluding hydrogens is 208 g/mol. The minimum absolute atomic E-state index is 0.649. The highest BCUT2D eigenvalue weighted by molar-refractivity contribution is 5.41. The van der Waals surface area contributed by atoms with Crippen LogP contribution in [0.5, 0.6) is 0 Å². The lowest BCUT2D eigenvalue weighted by atomic mass is 9.98. The van der Waals surface area contributed by atoms with E-state index in [-0.39, 0.29) is 0 Å². The number of hydrogen-bond acceptors (Lipinski definition) is 2. The molecule has 2 heteroatoms. The van der Waals surface area contributed by atoms with Gasteiger partial charge < -0.3 is 5.32 Å². The van der Waals surface area contributed by atoms with Crippen LogP contribution in [0.15, 0.2) is 18.3 Å². The lowest BCUT2D eigenvalue weighted by Crippen LogP contribution is -2.18.